The van der Waals surface area contributed by atoms with E-state index in [0.717, 1.165) is 17.0 Å². The zero-order valence-corrected chi connectivity index (χ0v) is 13.7. The lowest BCUT2D eigenvalue weighted by Gasteiger charge is -2.11. The van der Waals surface area contributed by atoms with Gasteiger partial charge in [0.05, 0.1) is 17.3 Å². The van der Waals surface area contributed by atoms with Crippen molar-refractivity contribution in [3.8, 4) is 5.75 Å². The number of carbonyl (C=O) groups is 1. The van der Waals surface area contributed by atoms with Crippen LogP contribution in [0, 0.1) is 0 Å². The molecule has 0 aliphatic carbocycles. The third-order valence-electron chi connectivity index (χ3n) is 2.92. The normalized spacial score (nSPS) is 10.0. The first-order chi connectivity index (χ1) is 11.0. The standard InChI is InChI=1S/C18H19ClN2O2/c1-13(2)12-23-15-7-5-6-14(10-15)20-11-18(22)21-17-9-4-3-8-16(17)19/h3-10,20H,1,11-12H2,2H3,(H,21,22). The number of ether oxygens (including phenoxy) is 1. The van der Waals surface area contributed by atoms with E-state index in [-0.39, 0.29) is 12.5 Å². The van der Waals surface area contributed by atoms with Crippen LogP contribution >= 0.6 is 11.6 Å². The van der Waals surface area contributed by atoms with Gasteiger partial charge < -0.3 is 15.4 Å². The maximum absolute atomic E-state index is 12.0. The molecule has 23 heavy (non-hydrogen) atoms. The Labute approximate surface area is 141 Å². The van der Waals surface area contributed by atoms with Crippen molar-refractivity contribution < 1.29 is 9.53 Å². The van der Waals surface area contributed by atoms with Crippen LogP contribution in [0.2, 0.25) is 5.02 Å². The van der Waals surface area contributed by atoms with Crippen LogP contribution in [0.5, 0.6) is 5.75 Å². The number of benzene rings is 2. The quantitative estimate of drug-likeness (QED) is 0.742. The first-order valence-corrected chi connectivity index (χ1v) is 7.58. The molecule has 2 N–H and O–H groups in total. The maximum atomic E-state index is 12.0. The molecule has 5 heteroatoms. The van der Waals surface area contributed by atoms with E-state index >= 15 is 0 Å². The zero-order valence-electron chi connectivity index (χ0n) is 12.9. The van der Waals surface area contributed by atoms with Crippen molar-refractivity contribution >= 4 is 28.9 Å². The summed E-state index contributed by atoms with van der Waals surface area (Å²) in [6, 6.07) is 14.5. The Kier molecular flexibility index (Phi) is 6.06. The van der Waals surface area contributed by atoms with Crippen molar-refractivity contribution in [1.29, 1.82) is 0 Å². The van der Waals surface area contributed by atoms with Crippen LogP contribution in [0.3, 0.4) is 0 Å². The second-order valence-corrected chi connectivity index (χ2v) is 5.56. The largest absolute Gasteiger partial charge is 0.489 e. The molecule has 0 unspecified atom stereocenters. The molecule has 1 amide bonds. The summed E-state index contributed by atoms with van der Waals surface area (Å²) in [5.41, 5.74) is 2.35. The fourth-order valence-corrected chi connectivity index (χ4v) is 2.02. The predicted molar refractivity (Wildman–Crippen MR) is 95.3 cm³/mol. The Morgan fingerprint density at radius 1 is 1.22 bits per heavy atom. The highest BCUT2D eigenvalue weighted by Gasteiger charge is 2.05. The third kappa shape index (κ3) is 5.68. The van der Waals surface area contributed by atoms with Gasteiger partial charge in [0.25, 0.3) is 0 Å². The fraction of sp³-hybridized carbons (Fsp3) is 0.167. The summed E-state index contributed by atoms with van der Waals surface area (Å²) in [4.78, 5) is 12.0. The van der Waals surface area contributed by atoms with Gasteiger partial charge in [0.15, 0.2) is 0 Å². The van der Waals surface area contributed by atoms with Crippen LogP contribution in [0.25, 0.3) is 0 Å². The minimum absolute atomic E-state index is 0.134. The molecule has 0 saturated heterocycles. The van der Waals surface area contributed by atoms with Crippen LogP contribution in [-0.4, -0.2) is 19.1 Å². The summed E-state index contributed by atoms with van der Waals surface area (Å²) in [7, 11) is 0. The summed E-state index contributed by atoms with van der Waals surface area (Å²) < 4.78 is 5.57. The monoisotopic (exact) mass is 330 g/mol. The van der Waals surface area contributed by atoms with E-state index in [0.29, 0.717) is 17.3 Å². The van der Waals surface area contributed by atoms with Crippen LogP contribution in [0.15, 0.2) is 60.7 Å². The van der Waals surface area contributed by atoms with Gasteiger partial charge in [-0.1, -0.05) is 36.4 Å². The summed E-state index contributed by atoms with van der Waals surface area (Å²) in [5, 5.41) is 6.32. The van der Waals surface area contributed by atoms with Gasteiger partial charge in [-0.05, 0) is 36.8 Å². The van der Waals surface area contributed by atoms with Crippen molar-refractivity contribution in [2.45, 2.75) is 6.92 Å². The number of amides is 1. The topological polar surface area (TPSA) is 50.4 Å². The Hall–Kier alpha value is -2.46. The molecule has 0 heterocycles. The van der Waals surface area contributed by atoms with E-state index in [9.17, 15) is 4.79 Å². The highest BCUT2D eigenvalue weighted by molar-refractivity contribution is 6.33. The summed E-state index contributed by atoms with van der Waals surface area (Å²) in [5.74, 6) is 0.552. The molecule has 4 nitrogen and oxygen atoms in total. The zero-order chi connectivity index (χ0) is 16.7. The van der Waals surface area contributed by atoms with Crippen LogP contribution in [-0.2, 0) is 4.79 Å². The molecule has 0 aliphatic rings. The molecule has 0 spiro atoms. The van der Waals surface area contributed by atoms with Crippen molar-refractivity contribution in [2.24, 2.45) is 0 Å². The van der Waals surface area contributed by atoms with Crippen LogP contribution in [0.4, 0.5) is 11.4 Å². The highest BCUT2D eigenvalue weighted by atomic mass is 35.5. The van der Waals surface area contributed by atoms with Crippen molar-refractivity contribution in [3.63, 3.8) is 0 Å². The summed E-state index contributed by atoms with van der Waals surface area (Å²) in [6.07, 6.45) is 0. The van der Waals surface area contributed by atoms with E-state index in [1.54, 1.807) is 12.1 Å². The molecule has 0 aliphatic heterocycles. The molecule has 2 aromatic rings. The van der Waals surface area contributed by atoms with Crippen molar-refractivity contribution in [3.05, 3.63) is 65.7 Å². The number of nitrogens with one attached hydrogen (secondary N) is 2. The molecule has 2 rings (SSSR count). The SMILES string of the molecule is C=C(C)COc1cccc(NCC(=O)Nc2ccccc2Cl)c1. The van der Waals surface area contributed by atoms with Crippen LogP contribution in [0.1, 0.15) is 6.92 Å². The molecule has 0 bridgehead atoms. The first-order valence-electron chi connectivity index (χ1n) is 7.20. The molecule has 0 radical (unpaired) electrons. The number of halogens is 1. The average Bonchev–Trinajstić information content (AvgIpc) is 2.54. The molecule has 0 aromatic heterocycles. The lowest BCUT2D eigenvalue weighted by Crippen LogP contribution is -2.21. The van der Waals surface area contributed by atoms with Crippen LogP contribution < -0.4 is 15.4 Å². The molecule has 0 fully saturated rings. The molecule has 0 atom stereocenters. The Bertz CT molecular complexity index is 701. The van der Waals surface area contributed by atoms with Gasteiger partial charge in [0.2, 0.25) is 5.91 Å². The second-order valence-electron chi connectivity index (χ2n) is 5.16. The van der Waals surface area contributed by atoms with Gasteiger partial charge in [0.1, 0.15) is 12.4 Å². The van der Waals surface area contributed by atoms with Crippen molar-refractivity contribution in [1.82, 2.24) is 0 Å². The minimum Gasteiger partial charge on any atom is -0.489 e. The summed E-state index contributed by atoms with van der Waals surface area (Å²) >= 11 is 6.01. The van der Waals surface area contributed by atoms with Crippen molar-refractivity contribution in [2.75, 3.05) is 23.8 Å². The average molecular weight is 331 g/mol. The highest BCUT2D eigenvalue weighted by Crippen LogP contribution is 2.20. The van der Waals surface area contributed by atoms with E-state index in [4.69, 9.17) is 16.3 Å². The number of hydrogen-bond donors (Lipinski definition) is 2. The van der Waals surface area contributed by atoms with E-state index in [1.807, 2.05) is 43.3 Å². The smallest absolute Gasteiger partial charge is 0.243 e. The van der Waals surface area contributed by atoms with Gasteiger partial charge in [-0.2, -0.15) is 0 Å². The van der Waals surface area contributed by atoms with Gasteiger partial charge in [0, 0.05) is 11.8 Å². The summed E-state index contributed by atoms with van der Waals surface area (Å²) in [6.45, 7) is 6.30. The Balaban J connectivity index is 1.88. The van der Waals surface area contributed by atoms with E-state index in [1.165, 1.54) is 0 Å². The van der Waals surface area contributed by atoms with Gasteiger partial charge in [-0.15, -0.1) is 0 Å². The van der Waals surface area contributed by atoms with Gasteiger partial charge in [-0.3, -0.25) is 4.79 Å². The molecular weight excluding hydrogens is 312 g/mol. The third-order valence-corrected chi connectivity index (χ3v) is 3.25. The number of rotatable bonds is 7. The lowest BCUT2D eigenvalue weighted by atomic mass is 10.3. The Morgan fingerprint density at radius 2 is 2.00 bits per heavy atom. The number of anilines is 2. The molecule has 120 valence electrons. The van der Waals surface area contributed by atoms with Gasteiger partial charge >= 0.3 is 0 Å². The van der Waals surface area contributed by atoms with Gasteiger partial charge in [-0.25, -0.2) is 0 Å². The molecule has 2 aromatic carbocycles. The Morgan fingerprint density at radius 3 is 2.74 bits per heavy atom. The fourth-order valence-electron chi connectivity index (χ4n) is 1.84. The molecular formula is C18H19ClN2O2. The maximum Gasteiger partial charge on any atom is 0.243 e. The number of hydrogen-bond acceptors (Lipinski definition) is 3. The van der Waals surface area contributed by atoms with E-state index in [2.05, 4.69) is 17.2 Å². The molecule has 0 saturated carbocycles. The predicted octanol–water partition coefficient (Wildman–Crippen LogP) is 4.35. The second kappa shape index (κ2) is 8.25. The minimum atomic E-state index is -0.175. The number of carbonyl (C=O) groups excluding carboxylic acids is 1. The lowest BCUT2D eigenvalue weighted by molar-refractivity contribution is -0.114. The first kappa shape index (κ1) is 16.9. The van der Waals surface area contributed by atoms with E-state index < -0.39 is 0 Å². The number of para-hydroxylation sites is 1.